The van der Waals surface area contributed by atoms with Crippen LogP contribution in [0.4, 0.5) is 4.39 Å². The van der Waals surface area contributed by atoms with Gasteiger partial charge in [0.2, 0.25) is 0 Å². The standard InChI is InChI=1S/C15H17FN2O3/c1-21-15(20)13(5-3-2-4-10-17)18-14(19)11-6-8-12(16)9-7-11/h6-9,13H,2-5H2,1H3,(H,18,19)/t13-/m0/s1. The SMILES string of the molecule is COC(=O)[C@H](CCCCC#N)NC(=O)c1ccc(F)cc1. The average Bonchev–Trinajstić information content (AvgIpc) is 2.50. The number of amides is 1. The van der Waals surface area contributed by atoms with Gasteiger partial charge in [-0.2, -0.15) is 5.26 Å². The van der Waals surface area contributed by atoms with Gasteiger partial charge in [-0.3, -0.25) is 4.79 Å². The van der Waals surface area contributed by atoms with Gasteiger partial charge < -0.3 is 10.1 Å². The summed E-state index contributed by atoms with van der Waals surface area (Å²) in [5.74, 6) is -1.44. The largest absolute Gasteiger partial charge is 0.467 e. The molecule has 1 amide bonds. The smallest absolute Gasteiger partial charge is 0.328 e. The first-order valence-corrected chi connectivity index (χ1v) is 6.59. The number of nitrogens with zero attached hydrogens (tertiary/aromatic N) is 1. The molecular weight excluding hydrogens is 275 g/mol. The summed E-state index contributed by atoms with van der Waals surface area (Å²) in [6, 6.07) is 6.28. The molecule has 1 atom stereocenters. The Labute approximate surface area is 122 Å². The van der Waals surface area contributed by atoms with Crippen LogP contribution in [0.5, 0.6) is 0 Å². The molecule has 0 aromatic heterocycles. The Morgan fingerprint density at radius 3 is 2.57 bits per heavy atom. The van der Waals surface area contributed by atoms with Crippen molar-refractivity contribution in [3.05, 3.63) is 35.6 Å². The number of benzene rings is 1. The number of ether oxygens (including phenoxy) is 1. The zero-order chi connectivity index (χ0) is 15.7. The van der Waals surface area contributed by atoms with Gasteiger partial charge in [-0.1, -0.05) is 0 Å². The number of methoxy groups -OCH3 is 1. The Balaban J connectivity index is 2.63. The first kappa shape index (κ1) is 16.6. The molecular formula is C15H17FN2O3. The first-order valence-electron chi connectivity index (χ1n) is 6.59. The van der Waals surface area contributed by atoms with Crippen LogP contribution in [0, 0.1) is 17.1 Å². The van der Waals surface area contributed by atoms with Crippen molar-refractivity contribution < 1.29 is 18.7 Å². The normalized spacial score (nSPS) is 11.3. The van der Waals surface area contributed by atoms with E-state index in [4.69, 9.17) is 5.26 Å². The van der Waals surface area contributed by atoms with E-state index in [0.717, 1.165) is 0 Å². The minimum absolute atomic E-state index is 0.266. The Bertz CT molecular complexity index is 523. The molecule has 1 N–H and O–H groups in total. The Morgan fingerprint density at radius 2 is 2.00 bits per heavy atom. The molecule has 112 valence electrons. The molecule has 0 fully saturated rings. The molecule has 0 aliphatic rings. The van der Waals surface area contributed by atoms with E-state index >= 15 is 0 Å². The zero-order valence-electron chi connectivity index (χ0n) is 11.8. The maximum Gasteiger partial charge on any atom is 0.328 e. The molecule has 0 bridgehead atoms. The van der Waals surface area contributed by atoms with Crippen LogP contribution in [0.3, 0.4) is 0 Å². The highest BCUT2D eigenvalue weighted by atomic mass is 19.1. The third-order valence-electron chi connectivity index (χ3n) is 2.93. The highest BCUT2D eigenvalue weighted by molar-refractivity contribution is 5.96. The fourth-order valence-corrected chi connectivity index (χ4v) is 1.79. The molecule has 0 saturated heterocycles. The number of rotatable bonds is 7. The van der Waals surface area contributed by atoms with Gasteiger partial charge in [0.1, 0.15) is 11.9 Å². The molecule has 0 aliphatic carbocycles. The molecule has 0 saturated carbocycles. The van der Waals surface area contributed by atoms with Crippen LogP contribution < -0.4 is 5.32 Å². The summed E-state index contributed by atoms with van der Waals surface area (Å²) >= 11 is 0. The van der Waals surface area contributed by atoms with E-state index < -0.39 is 23.7 Å². The van der Waals surface area contributed by atoms with Gasteiger partial charge in [0.15, 0.2) is 0 Å². The molecule has 6 heteroatoms. The van der Waals surface area contributed by atoms with Gasteiger partial charge in [-0.25, -0.2) is 9.18 Å². The lowest BCUT2D eigenvalue weighted by molar-refractivity contribution is -0.143. The lowest BCUT2D eigenvalue weighted by Gasteiger charge is -2.16. The van der Waals surface area contributed by atoms with E-state index in [0.29, 0.717) is 25.7 Å². The molecule has 1 rings (SSSR count). The Morgan fingerprint density at radius 1 is 1.33 bits per heavy atom. The zero-order valence-corrected chi connectivity index (χ0v) is 11.8. The highest BCUT2D eigenvalue weighted by Crippen LogP contribution is 2.08. The minimum atomic E-state index is -0.772. The van der Waals surface area contributed by atoms with Crippen molar-refractivity contribution in [1.82, 2.24) is 5.32 Å². The molecule has 0 radical (unpaired) electrons. The molecule has 21 heavy (non-hydrogen) atoms. The van der Waals surface area contributed by atoms with Crippen LogP contribution in [0.25, 0.3) is 0 Å². The number of nitriles is 1. The maximum atomic E-state index is 12.8. The summed E-state index contributed by atoms with van der Waals surface area (Å²) in [5.41, 5.74) is 0.266. The molecule has 1 aromatic rings. The Kier molecular flexibility index (Phi) is 6.88. The van der Waals surface area contributed by atoms with Gasteiger partial charge in [0.25, 0.3) is 5.91 Å². The van der Waals surface area contributed by atoms with Gasteiger partial charge >= 0.3 is 5.97 Å². The van der Waals surface area contributed by atoms with Crippen LogP contribution in [-0.2, 0) is 9.53 Å². The van der Waals surface area contributed by atoms with Crippen molar-refractivity contribution >= 4 is 11.9 Å². The first-order chi connectivity index (χ1) is 10.1. The number of halogens is 1. The minimum Gasteiger partial charge on any atom is -0.467 e. The maximum absolute atomic E-state index is 12.8. The molecule has 0 unspecified atom stereocenters. The van der Waals surface area contributed by atoms with Crippen LogP contribution in [0.2, 0.25) is 0 Å². The van der Waals surface area contributed by atoms with Gasteiger partial charge in [0, 0.05) is 12.0 Å². The average molecular weight is 292 g/mol. The topological polar surface area (TPSA) is 79.2 Å². The summed E-state index contributed by atoms with van der Waals surface area (Å²) in [6.07, 6.45) is 2.06. The second-order valence-corrected chi connectivity index (χ2v) is 4.46. The molecule has 5 nitrogen and oxygen atoms in total. The van der Waals surface area contributed by atoms with Crippen LogP contribution in [0.15, 0.2) is 24.3 Å². The monoisotopic (exact) mass is 292 g/mol. The van der Waals surface area contributed by atoms with Crippen LogP contribution >= 0.6 is 0 Å². The number of unbranched alkanes of at least 4 members (excludes halogenated alkanes) is 2. The van der Waals surface area contributed by atoms with E-state index in [1.165, 1.54) is 31.4 Å². The number of carbonyl (C=O) groups excluding carboxylic acids is 2. The predicted molar refractivity (Wildman–Crippen MR) is 73.8 cm³/mol. The molecule has 0 heterocycles. The fourth-order valence-electron chi connectivity index (χ4n) is 1.79. The van der Waals surface area contributed by atoms with E-state index in [9.17, 15) is 14.0 Å². The van der Waals surface area contributed by atoms with Crippen LogP contribution in [-0.4, -0.2) is 25.0 Å². The van der Waals surface area contributed by atoms with Crippen molar-refractivity contribution in [2.45, 2.75) is 31.7 Å². The number of nitrogens with one attached hydrogen (secondary N) is 1. The third-order valence-corrected chi connectivity index (χ3v) is 2.93. The highest BCUT2D eigenvalue weighted by Gasteiger charge is 2.21. The second-order valence-electron chi connectivity index (χ2n) is 4.46. The number of carbonyl (C=O) groups is 2. The Hall–Kier alpha value is -2.42. The van der Waals surface area contributed by atoms with Crippen molar-refractivity contribution in [2.24, 2.45) is 0 Å². The lowest BCUT2D eigenvalue weighted by atomic mass is 10.1. The molecule has 1 aromatic carbocycles. The van der Waals surface area contributed by atoms with E-state index in [2.05, 4.69) is 10.1 Å². The summed E-state index contributed by atoms with van der Waals surface area (Å²) in [5, 5.41) is 11.0. The summed E-state index contributed by atoms with van der Waals surface area (Å²) < 4.78 is 17.4. The predicted octanol–water partition coefficient (Wildman–Crippen LogP) is 2.18. The van der Waals surface area contributed by atoms with Gasteiger partial charge in [-0.15, -0.1) is 0 Å². The number of hydrogen-bond donors (Lipinski definition) is 1. The number of hydrogen-bond acceptors (Lipinski definition) is 4. The quantitative estimate of drug-likeness (QED) is 0.617. The van der Waals surface area contributed by atoms with Gasteiger partial charge in [0.05, 0.1) is 13.2 Å². The van der Waals surface area contributed by atoms with Gasteiger partial charge in [-0.05, 0) is 43.5 Å². The van der Waals surface area contributed by atoms with Crippen molar-refractivity contribution in [2.75, 3.05) is 7.11 Å². The van der Waals surface area contributed by atoms with Crippen molar-refractivity contribution in [3.63, 3.8) is 0 Å². The summed E-state index contributed by atoms with van der Waals surface area (Å²) in [4.78, 5) is 23.6. The molecule has 0 aliphatic heterocycles. The fraction of sp³-hybridized carbons (Fsp3) is 0.400. The van der Waals surface area contributed by atoms with E-state index in [1.54, 1.807) is 0 Å². The van der Waals surface area contributed by atoms with E-state index in [1.807, 2.05) is 6.07 Å². The summed E-state index contributed by atoms with van der Waals surface area (Å²) in [6.45, 7) is 0. The summed E-state index contributed by atoms with van der Waals surface area (Å²) in [7, 11) is 1.24. The van der Waals surface area contributed by atoms with Crippen LogP contribution in [0.1, 0.15) is 36.0 Å². The van der Waals surface area contributed by atoms with Crippen molar-refractivity contribution in [3.8, 4) is 6.07 Å². The van der Waals surface area contributed by atoms with E-state index in [-0.39, 0.29) is 5.56 Å². The number of esters is 1. The second kappa shape index (κ2) is 8.69. The molecule has 0 spiro atoms. The van der Waals surface area contributed by atoms with Crippen molar-refractivity contribution in [1.29, 1.82) is 5.26 Å². The lowest BCUT2D eigenvalue weighted by Crippen LogP contribution is -2.41. The third kappa shape index (κ3) is 5.61.